The minimum atomic E-state index is -4.02. The van der Waals surface area contributed by atoms with Crippen LogP contribution in [0, 0.1) is 0 Å². The van der Waals surface area contributed by atoms with Gasteiger partial charge in [-0.2, -0.15) is 19.8 Å². The molecule has 216 valence electrons. The molecule has 2 atom stereocenters. The molecule has 0 aliphatic rings. The fraction of sp³-hybridized carbons (Fsp3) is 0. The lowest BCUT2D eigenvalue weighted by molar-refractivity contribution is 0.368. The van der Waals surface area contributed by atoms with Crippen molar-refractivity contribution < 1.29 is 29.0 Å². The number of benzene rings is 5. The van der Waals surface area contributed by atoms with E-state index in [0.29, 0.717) is 0 Å². The Labute approximate surface area is 249 Å². The molecule has 0 amide bonds. The van der Waals surface area contributed by atoms with Gasteiger partial charge in [0.15, 0.2) is 0 Å². The zero-order chi connectivity index (χ0) is 28.1. The third-order valence-electron chi connectivity index (χ3n) is 5.67. The van der Waals surface area contributed by atoms with Crippen LogP contribution in [0.2, 0.25) is 0 Å². The Hall–Kier alpha value is -2.15. The van der Waals surface area contributed by atoms with E-state index >= 15 is 0 Å². The molecule has 5 aromatic carbocycles. The summed E-state index contributed by atoms with van der Waals surface area (Å²) in [4.78, 5) is 38.9. The maximum Gasteiger partial charge on any atom is 0.356 e. The molecule has 0 spiro atoms. The van der Waals surface area contributed by atoms with Crippen LogP contribution in [0.3, 0.4) is 0 Å². The average Bonchev–Trinajstić information content (AvgIpc) is 2.96. The van der Waals surface area contributed by atoms with Gasteiger partial charge in [0.1, 0.15) is 28.5 Å². The van der Waals surface area contributed by atoms with Crippen LogP contribution in [0.15, 0.2) is 152 Å². The summed E-state index contributed by atoms with van der Waals surface area (Å²) in [5.74, 6) is 0. The molecule has 41 heavy (non-hydrogen) atoms. The molecule has 6 nitrogen and oxygen atoms in total. The Bertz CT molecular complexity index is 1260. The van der Waals surface area contributed by atoms with E-state index in [0.717, 1.165) is 0 Å². The highest BCUT2D eigenvalue weighted by atomic mass is 31.2. The summed E-state index contributed by atoms with van der Waals surface area (Å²) in [5, 5.41) is 5.62. The molecular weight excluding hydrogens is 611 g/mol. The van der Waals surface area contributed by atoms with Gasteiger partial charge in [-0.05, 0) is 60.7 Å². The fourth-order valence-electron chi connectivity index (χ4n) is 4.12. The topological polar surface area (TPSA) is 118 Å². The second-order valence-electron chi connectivity index (χ2n) is 8.16. The largest absolute Gasteiger partial charge is 0.356 e. The van der Waals surface area contributed by atoms with Gasteiger partial charge < -0.3 is 24.5 Å². The molecule has 0 heterocycles. The van der Waals surface area contributed by atoms with Crippen molar-refractivity contribution in [3.05, 3.63) is 152 Å². The molecule has 5 rings (SSSR count). The minimum absolute atomic E-state index is 0. The predicted molar refractivity (Wildman–Crippen MR) is 185 cm³/mol. The third-order valence-corrected chi connectivity index (χ3v) is 10.9. The summed E-state index contributed by atoms with van der Waals surface area (Å²) in [6, 6.07) is 51.5. The molecule has 0 radical (unpaired) electrons. The summed E-state index contributed by atoms with van der Waals surface area (Å²) >= 11 is 0. The summed E-state index contributed by atoms with van der Waals surface area (Å²) < 4.78 is 10.5. The van der Waals surface area contributed by atoms with E-state index in [2.05, 4.69) is 121 Å². The quantitative estimate of drug-likeness (QED) is 0.184. The van der Waals surface area contributed by atoms with Crippen LogP contribution in [0.5, 0.6) is 0 Å². The van der Waals surface area contributed by atoms with Crippen molar-refractivity contribution in [3.63, 3.8) is 0 Å². The van der Waals surface area contributed by atoms with Crippen molar-refractivity contribution >= 4 is 69.8 Å². The maximum atomic E-state index is 10.5. The molecular formula is C30H36O6P5+. The zero-order valence-electron chi connectivity index (χ0n) is 22.3. The van der Waals surface area contributed by atoms with Gasteiger partial charge in [-0.3, -0.25) is 4.57 Å². The van der Waals surface area contributed by atoms with Gasteiger partial charge in [-0.15, -0.1) is 0 Å². The molecule has 0 fully saturated rings. The van der Waals surface area contributed by atoms with Gasteiger partial charge in [0.05, 0.1) is 5.30 Å². The lowest BCUT2D eigenvalue weighted by Gasteiger charge is -2.27. The van der Waals surface area contributed by atoms with Crippen molar-refractivity contribution in [3.8, 4) is 0 Å². The normalized spacial score (nSPS) is 10.5. The van der Waals surface area contributed by atoms with Crippen molar-refractivity contribution in [1.82, 2.24) is 0 Å². The Morgan fingerprint density at radius 2 is 0.634 bits per heavy atom. The summed E-state index contributed by atoms with van der Waals surface area (Å²) in [6.07, 6.45) is 0. The van der Waals surface area contributed by atoms with Crippen LogP contribution in [-0.4, -0.2) is 24.5 Å². The molecule has 0 aliphatic heterocycles. The molecule has 0 saturated carbocycles. The van der Waals surface area contributed by atoms with Crippen molar-refractivity contribution in [2.24, 2.45) is 0 Å². The Balaban J connectivity index is 0.000000442. The minimum Gasteiger partial charge on any atom is -0.328 e. The van der Waals surface area contributed by atoms with Crippen molar-refractivity contribution in [2.45, 2.75) is 0 Å². The molecule has 0 aromatic heterocycles. The number of hydrogen-bond donors (Lipinski definition) is 5. The lowest BCUT2D eigenvalue weighted by Crippen LogP contribution is -2.38. The molecule has 11 heteroatoms. The molecule has 5 N–H and O–H groups in total. The second kappa shape index (κ2) is 18.4. The molecule has 0 bridgehead atoms. The first-order chi connectivity index (χ1) is 18.8. The highest BCUT2D eigenvalue weighted by molar-refractivity contribution is 8.01. The van der Waals surface area contributed by atoms with Crippen LogP contribution in [0.25, 0.3) is 0 Å². The summed E-state index contributed by atoms with van der Waals surface area (Å²) in [6.45, 7) is 0. The van der Waals surface area contributed by atoms with Gasteiger partial charge in [0, 0.05) is 0 Å². The smallest absolute Gasteiger partial charge is 0.328 e. The van der Waals surface area contributed by atoms with Crippen molar-refractivity contribution in [2.75, 3.05) is 0 Å². The van der Waals surface area contributed by atoms with Crippen LogP contribution in [-0.2, 0) is 4.57 Å². The van der Waals surface area contributed by atoms with Crippen LogP contribution < -0.4 is 26.5 Å². The van der Waals surface area contributed by atoms with E-state index < -0.39 is 23.5 Å². The highest BCUT2D eigenvalue weighted by Gasteiger charge is 2.47. The summed E-state index contributed by atoms with van der Waals surface area (Å²) in [7, 11) is -8.54. The molecule has 0 saturated heterocycles. The van der Waals surface area contributed by atoms with E-state index in [1.807, 2.05) is 0 Å². The van der Waals surface area contributed by atoms with Gasteiger partial charge >= 0.3 is 16.2 Å². The van der Waals surface area contributed by atoms with Crippen molar-refractivity contribution in [1.29, 1.82) is 0 Å². The first-order valence-corrected chi connectivity index (χ1v) is 16.5. The van der Waals surface area contributed by atoms with Crippen LogP contribution >= 0.6 is 43.3 Å². The van der Waals surface area contributed by atoms with E-state index in [1.54, 1.807) is 18.2 Å². The SMILES string of the molecule is O=P(O)(O)c1ccccc1.OP(O)O.P.P.c1ccc([P+](c2ccccc2)(c2ccccc2)c2ccccc2)cc1. The third kappa shape index (κ3) is 10.6. The first kappa shape index (κ1) is 36.9. The van der Waals surface area contributed by atoms with E-state index in [9.17, 15) is 4.57 Å². The molecule has 2 unspecified atom stereocenters. The highest BCUT2D eigenvalue weighted by Crippen LogP contribution is 2.53. The number of hydrogen-bond acceptors (Lipinski definition) is 4. The van der Waals surface area contributed by atoms with Gasteiger partial charge in [-0.1, -0.05) is 91.0 Å². The summed E-state index contributed by atoms with van der Waals surface area (Å²) in [5.41, 5.74) is 0. The fourth-order valence-corrected chi connectivity index (χ4v) is 8.95. The second-order valence-corrected chi connectivity index (χ2v) is 13.7. The molecule has 0 aliphatic carbocycles. The average molecular weight is 647 g/mol. The van der Waals surface area contributed by atoms with Crippen LogP contribution in [0.4, 0.5) is 0 Å². The monoisotopic (exact) mass is 647 g/mol. The Morgan fingerprint density at radius 1 is 0.439 bits per heavy atom. The van der Waals surface area contributed by atoms with Gasteiger partial charge in [-0.25, -0.2) is 0 Å². The van der Waals surface area contributed by atoms with Gasteiger partial charge in [0.25, 0.3) is 0 Å². The first-order valence-electron chi connectivity index (χ1n) is 11.9. The Kier molecular flexibility index (Phi) is 16.6. The van der Waals surface area contributed by atoms with Gasteiger partial charge in [0.2, 0.25) is 0 Å². The predicted octanol–water partition coefficient (Wildman–Crippen LogP) is 4.10. The number of rotatable bonds is 5. The standard InChI is InChI=1S/C24H20P.C6H7O3P.H3O3P.2H3P/c1-5-13-21(14-6-1)25(22-15-7-2-8-16-22,23-17-9-3-10-18-23)24-19-11-4-12-20-24;7-10(8,9)6-4-2-1-3-5-6;1-4(2)3;;/h1-20H;1-5H,(H2,7,8,9);1-3H;2*1H3/q+1;;;;. The molecule has 5 aromatic rings. The van der Waals surface area contributed by atoms with E-state index in [-0.39, 0.29) is 25.1 Å². The zero-order valence-corrected chi connectivity index (χ0v) is 27.8. The lowest BCUT2D eigenvalue weighted by atomic mass is 10.3. The maximum absolute atomic E-state index is 10.5. The van der Waals surface area contributed by atoms with E-state index in [1.165, 1.54) is 33.4 Å². The van der Waals surface area contributed by atoms with Crippen LogP contribution in [0.1, 0.15) is 0 Å². The van der Waals surface area contributed by atoms with E-state index in [4.69, 9.17) is 24.5 Å². The Morgan fingerprint density at radius 3 is 0.805 bits per heavy atom.